The van der Waals surface area contributed by atoms with Crippen LogP contribution in [0.5, 0.6) is 0 Å². The number of nitrogens with zero attached hydrogens (tertiary/aromatic N) is 2. The number of para-hydroxylation sites is 4. The summed E-state index contributed by atoms with van der Waals surface area (Å²) in [4.78, 5) is 39.0. The quantitative estimate of drug-likeness (QED) is 0.232. The van der Waals surface area contributed by atoms with Gasteiger partial charge in [0, 0.05) is 13.1 Å². The van der Waals surface area contributed by atoms with Crippen molar-refractivity contribution in [2.24, 2.45) is 0 Å². The molecule has 9 nitrogen and oxygen atoms in total. The third-order valence-electron chi connectivity index (χ3n) is 5.09. The van der Waals surface area contributed by atoms with E-state index < -0.39 is 0 Å². The fraction of sp³-hybridized carbons (Fsp3) is 0.304. The Labute approximate surface area is 185 Å². The van der Waals surface area contributed by atoms with E-state index in [1.165, 1.54) is 0 Å². The lowest BCUT2D eigenvalue weighted by Gasteiger charge is -2.06. The van der Waals surface area contributed by atoms with E-state index in [0.29, 0.717) is 24.7 Å². The maximum atomic E-state index is 12.2. The summed E-state index contributed by atoms with van der Waals surface area (Å²) in [6.45, 7) is 2.85. The summed E-state index contributed by atoms with van der Waals surface area (Å²) in [7, 11) is 0. The minimum atomic E-state index is -0.193. The molecule has 9 heteroatoms. The average molecular weight is 434 g/mol. The van der Waals surface area contributed by atoms with Gasteiger partial charge < -0.3 is 25.9 Å². The Morgan fingerprint density at radius 2 is 1.12 bits per heavy atom. The molecule has 2 amide bonds. The van der Waals surface area contributed by atoms with Crippen molar-refractivity contribution >= 4 is 33.9 Å². The molecule has 0 aliphatic rings. The van der Waals surface area contributed by atoms with Gasteiger partial charge >= 0.3 is 0 Å². The number of aromatic amines is 2. The van der Waals surface area contributed by atoms with Crippen molar-refractivity contribution in [3.8, 4) is 0 Å². The highest BCUT2D eigenvalue weighted by molar-refractivity contribution is 5.94. The summed E-state index contributed by atoms with van der Waals surface area (Å²) in [5.74, 6) is 0.300. The van der Waals surface area contributed by atoms with Gasteiger partial charge in [-0.25, -0.2) is 9.97 Å². The highest BCUT2D eigenvalue weighted by atomic mass is 16.2. The van der Waals surface area contributed by atoms with Crippen LogP contribution in [-0.2, 0) is 0 Å². The number of nitrogens with one attached hydrogen (secondary N) is 5. The van der Waals surface area contributed by atoms with Gasteiger partial charge in [0.1, 0.15) is 0 Å². The molecular formula is C23H27N7O2. The van der Waals surface area contributed by atoms with E-state index in [-0.39, 0.29) is 11.8 Å². The zero-order chi connectivity index (χ0) is 22.2. The summed E-state index contributed by atoms with van der Waals surface area (Å²) < 4.78 is 0. The van der Waals surface area contributed by atoms with E-state index in [1.807, 2.05) is 48.5 Å². The number of amides is 2. The minimum Gasteiger partial charge on any atom is -0.349 e. The van der Waals surface area contributed by atoms with Crippen molar-refractivity contribution in [2.45, 2.75) is 19.3 Å². The zero-order valence-corrected chi connectivity index (χ0v) is 17.8. The van der Waals surface area contributed by atoms with Gasteiger partial charge in [-0.1, -0.05) is 24.3 Å². The first-order valence-electron chi connectivity index (χ1n) is 10.9. The molecule has 0 spiro atoms. The normalized spacial score (nSPS) is 11.1. The molecule has 0 atom stereocenters. The van der Waals surface area contributed by atoms with Crippen molar-refractivity contribution in [1.82, 2.24) is 35.9 Å². The van der Waals surface area contributed by atoms with E-state index in [4.69, 9.17) is 0 Å². The van der Waals surface area contributed by atoms with E-state index in [9.17, 15) is 9.59 Å². The number of benzene rings is 2. The molecule has 0 saturated carbocycles. The summed E-state index contributed by atoms with van der Waals surface area (Å²) in [5, 5.41) is 9.12. The standard InChI is InChI=1S/C23H27N7O2/c31-22(20-27-16-8-1-2-9-17(16)28-20)25-14-6-5-12-24-13-7-15-26-23(32)21-29-18-10-3-4-11-19(18)30-21/h1-4,8-11,24H,5-7,12-15H2,(H,25,31)(H,26,32)(H,27,28)(H,29,30). The molecule has 0 fully saturated rings. The van der Waals surface area contributed by atoms with Crippen LogP contribution in [0.1, 0.15) is 40.5 Å². The predicted molar refractivity (Wildman–Crippen MR) is 124 cm³/mol. The Bertz CT molecular complexity index is 1040. The van der Waals surface area contributed by atoms with Gasteiger partial charge in [0.2, 0.25) is 0 Å². The second kappa shape index (κ2) is 10.5. The Morgan fingerprint density at radius 3 is 1.69 bits per heavy atom. The SMILES string of the molecule is O=C(NCCCCNCCCNC(=O)c1nc2ccccc2[nH]1)c1nc2ccccc2[nH]1. The van der Waals surface area contributed by atoms with Gasteiger partial charge in [0.25, 0.3) is 11.8 Å². The molecule has 4 rings (SSSR count). The minimum absolute atomic E-state index is 0.186. The lowest BCUT2D eigenvalue weighted by Crippen LogP contribution is -2.29. The van der Waals surface area contributed by atoms with Gasteiger partial charge in [-0.2, -0.15) is 0 Å². The van der Waals surface area contributed by atoms with E-state index in [1.54, 1.807) is 0 Å². The number of carbonyl (C=O) groups is 2. The molecule has 32 heavy (non-hydrogen) atoms. The fourth-order valence-corrected chi connectivity index (χ4v) is 3.41. The summed E-state index contributed by atoms with van der Waals surface area (Å²) >= 11 is 0. The van der Waals surface area contributed by atoms with Crippen LogP contribution in [0, 0.1) is 0 Å². The number of aromatic nitrogens is 4. The maximum absolute atomic E-state index is 12.2. The Hall–Kier alpha value is -3.72. The lowest BCUT2D eigenvalue weighted by atomic mass is 10.3. The van der Waals surface area contributed by atoms with Gasteiger partial charge in [0.15, 0.2) is 11.6 Å². The molecular weight excluding hydrogens is 406 g/mol. The van der Waals surface area contributed by atoms with Crippen molar-refractivity contribution in [3.05, 3.63) is 60.2 Å². The van der Waals surface area contributed by atoms with Crippen LogP contribution in [-0.4, -0.2) is 57.9 Å². The second-order valence-corrected chi connectivity index (χ2v) is 7.53. The molecule has 2 aromatic carbocycles. The molecule has 0 bridgehead atoms. The molecule has 4 aromatic rings. The first-order valence-corrected chi connectivity index (χ1v) is 10.9. The molecule has 0 aliphatic heterocycles. The number of hydrogen-bond donors (Lipinski definition) is 5. The molecule has 0 radical (unpaired) electrons. The fourth-order valence-electron chi connectivity index (χ4n) is 3.41. The predicted octanol–water partition coefficient (Wildman–Crippen LogP) is 2.36. The number of unbranched alkanes of at least 4 members (excludes halogenated alkanes) is 1. The Morgan fingerprint density at radius 1 is 0.656 bits per heavy atom. The van der Waals surface area contributed by atoms with Gasteiger partial charge in [-0.3, -0.25) is 9.59 Å². The summed E-state index contributed by atoms with van der Waals surface area (Å²) in [5.41, 5.74) is 3.28. The molecule has 0 aliphatic carbocycles. The van der Waals surface area contributed by atoms with Gasteiger partial charge in [-0.05, 0) is 56.6 Å². The number of H-pyrrole nitrogens is 2. The van der Waals surface area contributed by atoms with Crippen LogP contribution in [0.2, 0.25) is 0 Å². The number of carbonyl (C=O) groups excluding carboxylic acids is 2. The van der Waals surface area contributed by atoms with E-state index >= 15 is 0 Å². The van der Waals surface area contributed by atoms with Crippen LogP contribution in [0.4, 0.5) is 0 Å². The van der Waals surface area contributed by atoms with Crippen molar-refractivity contribution in [2.75, 3.05) is 26.2 Å². The van der Waals surface area contributed by atoms with Crippen LogP contribution in [0.3, 0.4) is 0 Å². The van der Waals surface area contributed by atoms with Gasteiger partial charge in [-0.15, -0.1) is 0 Å². The van der Waals surface area contributed by atoms with Crippen molar-refractivity contribution < 1.29 is 9.59 Å². The smallest absolute Gasteiger partial charge is 0.287 e. The largest absolute Gasteiger partial charge is 0.349 e. The molecule has 5 N–H and O–H groups in total. The maximum Gasteiger partial charge on any atom is 0.287 e. The zero-order valence-electron chi connectivity index (χ0n) is 17.8. The van der Waals surface area contributed by atoms with Crippen molar-refractivity contribution in [1.29, 1.82) is 0 Å². The Balaban J connectivity index is 1.03. The summed E-state index contributed by atoms with van der Waals surface area (Å²) in [6, 6.07) is 15.1. The number of fused-ring (bicyclic) bond motifs is 2. The molecule has 2 aromatic heterocycles. The van der Waals surface area contributed by atoms with E-state index in [2.05, 4.69) is 35.9 Å². The van der Waals surface area contributed by atoms with Crippen LogP contribution in [0.25, 0.3) is 22.1 Å². The molecule has 0 unspecified atom stereocenters. The number of rotatable bonds is 11. The molecule has 0 saturated heterocycles. The highest BCUT2D eigenvalue weighted by Crippen LogP contribution is 2.11. The van der Waals surface area contributed by atoms with Crippen LogP contribution in [0.15, 0.2) is 48.5 Å². The van der Waals surface area contributed by atoms with Crippen LogP contribution >= 0.6 is 0 Å². The molecule has 2 heterocycles. The third-order valence-corrected chi connectivity index (χ3v) is 5.09. The van der Waals surface area contributed by atoms with E-state index in [0.717, 1.165) is 54.4 Å². The number of imidazole rings is 2. The lowest BCUT2D eigenvalue weighted by molar-refractivity contribution is 0.0935. The topological polar surface area (TPSA) is 128 Å². The van der Waals surface area contributed by atoms with Crippen LogP contribution < -0.4 is 16.0 Å². The number of hydrogen-bond acceptors (Lipinski definition) is 5. The first kappa shape index (κ1) is 21.5. The average Bonchev–Trinajstić information content (AvgIpc) is 3.44. The summed E-state index contributed by atoms with van der Waals surface area (Å²) in [6.07, 6.45) is 2.66. The second-order valence-electron chi connectivity index (χ2n) is 7.53. The van der Waals surface area contributed by atoms with Gasteiger partial charge in [0.05, 0.1) is 22.1 Å². The monoisotopic (exact) mass is 433 g/mol. The Kier molecular flexibility index (Phi) is 7.08. The molecule has 166 valence electrons. The first-order chi connectivity index (χ1) is 15.7. The highest BCUT2D eigenvalue weighted by Gasteiger charge is 2.11. The third kappa shape index (κ3) is 5.50. The van der Waals surface area contributed by atoms with Crippen molar-refractivity contribution in [3.63, 3.8) is 0 Å².